The number of aliphatic hydroxyl groups is 1. The average molecular weight is 357 g/mol. The summed E-state index contributed by atoms with van der Waals surface area (Å²) < 4.78 is 6.44. The maximum atomic E-state index is 10.1. The smallest absolute Gasteiger partial charge is 0.123 e. The van der Waals surface area contributed by atoms with Gasteiger partial charge in [-0.3, -0.25) is 0 Å². The van der Waals surface area contributed by atoms with Crippen LogP contribution in [0.1, 0.15) is 51.2 Å². The second kappa shape index (κ2) is 6.58. The number of hydrogen-bond acceptors (Lipinski definition) is 4. The van der Waals surface area contributed by atoms with E-state index in [1.807, 2.05) is 13.8 Å². The lowest BCUT2D eigenvalue weighted by Crippen LogP contribution is -2.50. The maximum absolute atomic E-state index is 10.1. The molecule has 142 valence electrons. The van der Waals surface area contributed by atoms with E-state index >= 15 is 0 Å². The number of allylic oxidation sites excluding steroid dienone is 1. The van der Waals surface area contributed by atoms with Crippen LogP contribution >= 0.6 is 0 Å². The minimum Gasteiger partial charge on any atom is -0.487 e. The number of piperidine rings is 1. The molecule has 4 nitrogen and oxygen atoms in total. The van der Waals surface area contributed by atoms with Gasteiger partial charge in [0.25, 0.3) is 0 Å². The van der Waals surface area contributed by atoms with Crippen molar-refractivity contribution in [1.82, 2.24) is 10.2 Å². The topological polar surface area (TPSA) is 44.7 Å². The predicted molar refractivity (Wildman–Crippen MR) is 105 cm³/mol. The Hall–Kier alpha value is -1.52. The van der Waals surface area contributed by atoms with Crippen molar-refractivity contribution in [1.29, 1.82) is 0 Å². The Balaban J connectivity index is 1.43. The summed E-state index contributed by atoms with van der Waals surface area (Å²) in [6.45, 7) is 9.83. The van der Waals surface area contributed by atoms with Crippen molar-refractivity contribution in [3.63, 3.8) is 0 Å². The molecule has 3 aliphatic rings. The van der Waals surface area contributed by atoms with Crippen LogP contribution in [0.2, 0.25) is 0 Å². The fourth-order valence-electron chi connectivity index (χ4n) is 4.52. The van der Waals surface area contributed by atoms with Gasteiger partial charge in [-0.05, 0) is 55.5 Å². The fraction of sp³-hybridized carbons (Fsp3) is 0.636. The van der Waals surface area contributed by atoms with Gasteiger partial charge in [-0.1, -0.05) is 13.0 Å². The summed E-state index contributed by atoms with van der Waals surface area (Å²) in [5, 5.41) is 13.6. The Morgan fingerprint density at radius 1 is 1.31 bits per heavy atom. The monoisotopic (exact) mass is 356 g/mol. The molecule has 0 aromatic heterocycles. The normalized spacial score (nSPS) is 25.4. The number of fused-ring (bicyclic) bond motifs is 1. The first-order valence-corrected chi connectivity index (χ1v) is 10.0. The Morgan fingerprint density at radius 2 is 2.08 bits per heavy atom. The molecule has 1 atom stereocenters. The maximum Gasteiger partial charge on any atom is 0.123 e. The zero-order valence-corrected chi connectivity index (χ0v) is 16.3. The van der Waals surface area contributed by atoms with E-state index in [0.717, 1.165) is 57.6 Å². The van der Waals surface area contributed by atoms with Gasteiger partial charge in [0.1, 0.15) is 11.4 Å². The first-order chi connectivity index (χ1) is 12.3. The van der Waals surface area contributed by atoms with Crippen molar-refractivity contribution in [2.24, 2.45) is 5.92 Å². The van der Waals surface area contributed by atoms with E-state index in [4.69, 9.17) is 4.74 Å². The molecular weight excluding hydrogens is 324 g/mol. The molecule has 1 fully saturated rings. The van der Waals surface area contributed by atoms with Gasteiger partial charge >= 0.3 is 0 Å². The third-order valence-corrected chi connectivity index (χ3v) is 5.95. The van der Waals surface area contributed by atoms with Crippen LogP contribution < -0.4 is 10.1 Å². The summed E-state index contributed by atoms with van der Waals surface area (Å²) in [5.74, 6) is 1.78. The molecule has 4 heteroatoms. The minimum atomic E-state index is -0.628. The van der Waals surface area contributed by atoms with E-state index in [-0.39, 0.29) is 5.60 Å². The molecule has 1 saturated heterocycles. The van der Waals surface area contributed by atoms with Crippen LogP contribution in [0.3, 0.4) is 0 Å². The quantitative estimate of drug-likeness (QED) is 0.873. The molecule has 0 aliphatic carbocycles. The molecule has 3 heterocycles. The zero-order valence-electron chi connectivity index (χ0n) is 16.3. The van der Waals surface area contributed by atoms with Gasteiger partial charge in [0.05, 0.1) is 5.60 Å². The average Bonchev–Trinajstić information content (AvgIpc) is 2.94. The SMILES string of the molecule is C[C@H]1CC=C(c2ccc3c(c2)CC2(CCN(CC(C)(C)O)CC2)O3)NC1. The molecule has 0 radical (unpaired) electrons. The summed E-state index contributed by atoms with van der Waals surface area (Å²) >= 11 is 0. The molecular formula is C22H32N2O2. The number of likely N-dealkylation sites (tertiary alicyclic amines) is 1. The first kappa shape index (κ1) is 17.9. The van der Waals surface area contributed by atoms with E-state index in [1.54, 1.807) is 0 Å². The van der Waals surface area contributed by atoms with Gasteiger partial charge in [-0.15, -0.1) is 0 Å². The van der Waals surface area contributed by atoms with Gasteiger partial charge < -0.3 is 20.1 Å². The van der Waals surface area contributed by atoms with Crippen LogP contribution in [0.5, 0.6) is 5.75 Å². The van der Waals surface area contributed by atoms with E-state index in [2.05, 4.69) is 41.4 Å². The lowest BCUT2D eigenvalue weighted by Gasteiger charge is -2.40. The number of nitrogens with zero attached hydrogens (tertiary/aromatic N) is 1. The lowest BCUT2D eigenvalue weighted by atomic mass is 9.86. The number of ether oxygens (including phenoxy) is 1. The largest absolute Gasteiger partial charge is 0.487 e. The van der Waals surface area contributed by atoms with E-state index < -0.39 is 5.60 Å². The Morgan fingerprint density at radius 3 is 2.73 bits per heavy atom. The van der Waals surface area contributed by atoms with Crippen LogP contribution in [0, 0.1) is 5.92 Å². The van der Waals surface area contributed by atoms with E-state index in [0.29, 0.717) is 5.92 Å². The molecule has 0 unspecified atom stereocenters. The summed E-state index contributed by atoms with van der Waals surface area (Å²) in [7, 11) is 0. The van der Waals surface area contributed by atoms with E-state index in [9.17, 15) is 5.11 Å². The first-order valence-electron chi connectivity index (χ1n) is 10.0. The van der Waals surface area contributed by atoms with Crippen molar-refractivity contribution in [2.45, 2.75) is 57.7 Å². The molecule has 0 amide bonds. The van der Waals surface area contributed by atoms with Crippen LogP contribution in [0.25, 0.3) is 5.70 Å². The fourth-order valence-corrected chi connectivity index (χ4v) is 4.52. The highest BCUT2D eigenvalue weighted by Gasteiger charge is 2.42. The molecule has 1 aromatic rings. The van der Waals surface area contributed by atoms with Crippen molar-refractivity contribution < 1.29 is 9.84 Å². The summed E-state index contributed by atoms with van der Waals surface area (Å²) in [5.41, 5.74) is 3.24. The highest BCUT2D eigenvalue weighted by molar-refractivity contribution is 5.66. The number of hydrogen-bond donors (Lipinski definition) is 2. The molecule has 0 bridgehead atoms. The molecule has 2 N–H and O–H groups in total. The second-order valence-electron chi connectivity index (χ2n) is 9.21. The van der Waals surface area contributed by atoms with E-state index in [1.165, 1.54) is 16.8 Å². The van der Waals surface area contributed by atoms with Crippen LogP contribution in [-0.4, -0.2) is 47.4 Å². The molecule has 26 heavy (non-hydrogen) atoms. The zero-order chi connectivity index (χ0) is 18.4. The summed E-state index contributed by atoms with van der Waals surface area (Å²) in [4.78, 5) is 2.36. The molecule has 1 spiro atoms. The van der Waals surface area contributed by atoms with Gasteiger partial charge in [-0.2, -0.15) is 0 Å². The molecule has 1 aromatic carbocycles. The minimum absolute atomic E-state index is 0.0417. The predicted octanol–water partition coefficient (Wildman–Crippen LogP) is 3.20. The Kier molecular flexibility index (Phi) is 4.52. The van der Waals surface area contributed by atoms with Crippen LogP contribution in [-0.2, 0) is 6.42 Å². The molecule has 4 rings (SSSR count). The third kappa shape index (κ3) is 3.77. The van der Waals surface area contributed by atoms with Gasteiger partial charge in [0.15, 0.2) is 0 Å². The lowest BCUT2D eigenvalue weighted by molar-refractivity contribution is -0.0167. The number of β-amino-alcohol motifs (C(OH)–C–C–N with tert-alkyl or cyclic N) is 1. The number of rotatable bonds is 3. The Labute approximate surface area is 157 Å². The van der Waals surface area contributed by atoms with Crippen LogP contribution in [0.15, 0.2) is 24.3 Å². The van der Waals surface area contributed by atoms with Crippen molar-refractivity contribution in [3.05, 3.63) is 35.4 Å². The molecule has 0 saturated carbocycles. The van der Waals surface area contributed by atoms with Gasteiger partial charge in [0.2, 0.25) is 0 Å². The second-order valence-corrected chi connectivity index (χ2v) is 9.21. The van der Waals surface area contributed by atoms with Crippen molar-refractivity contribution in [3.8, 4) is 5.75 Å². The highest BCUT2D eigenvalue weighted by Crippen LogP contribution is 2.42. The number of benzene rings is 1. The highest BCUT2D eigenvalue weighted by atomic mass is 16.5. The standard InChI is InChI=1S/C22H32N2O2/c1-16-4-6-19(23-14-16)17-5-7-20-18(12-17)13-22(26-20)8-10-24(11-9-22)15-21(2,3)25/h5-7,12,16,23,25H,4,8-11,13-15H2,1-3H3/t16-/m0/s1. The molecule has 3 aliphatic heterocycles. The number of nitrogens with one attached hydrogen (secondary N) is 1. The van der Waals surface area contributed by atoms with Gasteiger partial charge in [-0.25, -0.2) is 0 Å². The van der Waals surface area contributed by atoms with Crippen molar-refractivity contribution >= 4 is 5.70 Å². The Bertz CT molecular complexity index is 697. The summed E-state index contributed by atoms with van der Waals surface area (Å²) in [6.07, 6.45) is 6.56. The van der Waals surface area contributed by atoms with Gasteiger partial charge in [0, 0.05) is 51.1 Å². The van der Waals surface area contributed by atoms with Crippen LogP contribution in [0.4, 0.5) is 0 Å². The third-order valence-electron chi connectivity index (χ3n) is 5.95. The van der Waals surface area contributed by atoms with Crippen molar-refractivity contribution in [2.75, 3.05) is 26.2 Å². The summed E-state index contributed by atoms with van der Waals surface area (Å²) in [6, 6.07) is 6.67.